The Morgan fingerprint density at radius 2 is 2.00 bits per heavy atom. The molecule has 0 amide bonds. The normalized spacial score (nSPS) is 17.4. The molecular weight excluding hydrogens is 288 g/mol. The Morgan fingerprint density at radius 1 is 1.35 bits per heavy atom. The molecule has 23 heavy (non-hydrogen) atoms. The van der Waals surface area contributed by atoms with Crippen molar-refractivity contribution in [3.05, 3.63) is 34.3 Å². The van der Waals surface area contributed by atoms with Gasteiger partial charge in [-0.15, -0.1) is 0 Å². The molecule has 0 spiro atoms. The Bertz CT molecular complexity index is 811. The molecule has 4 heteroatoms. The summed E-state index contributed by atoms with van der Waals surface area (Å²) < 4.78 is 2.38. The molecule has 0 radical (unpaired) electrons. The second-order valence-electron chi connectivity index (χ2n) is 7.08. The summed E-state index contributed by atoms with van der Waals surface area (Å²) in [4.78, 5) is 15.9. The number of pyridine rings is 1. The minimum atomic E-state index is -0.948. The van der Waals surface area contributed by atoms with Crippen LogP contribution in [0.15, 0.2) is 11.6 Å². The van der Waals surface area contributed by atoms with Crippen molar-refractivity contribution in [1.29, 1.82) is 0 Å². The highest BCUT2D eigenvalue weighted by Gasteiger charge is 2.31. The molecule has 3 aliphatic rings. The molecule has 0 fully saturated rings. The summed E-state index contributed by atoms with van der Waals surface area (Å²) in [6, 6.07) is 2.37. The zero-order chi connectivity index (χ0) is 17.0. The number of carboxylic acids is 1. The lowest BCUT2D eigenvalue weighted by atomic mass is 9.96. The van der Waals surface area contributed by atoms with Crippen molar-refractivity contribution in [2.45, 2.75) is 54.0 Å². The van der Waals surface area contributed by atoms with Crippen LogP contribution >= 0.6 is 0 Å². The van der Waals surface area contributed by atoms with Crippen molar-refractivity contribution in [3.8, 4) is 11.3 Å². The fraction of sp³-hybridized carbons (Fsp3) is 0.474. The van der Waals surface area contributed by atoms with E-state index in [0.717, 1.165) is 23.2 Å². The van der Waals surface area contributed by atoms with E-state index in [9.17, 15) is 9.90 Å². The minimum absolute atomic E-state index is 0.181. The Balaban J connectivity index is 2.39. The molecule has 1 unspecified atom stereocenters. The first-order valence-electron chi connectivity index (χ1n) is 8.19. The monoisotopic (exact) mass is 312 g/mol. The van der Waals surface area contributed by atoms with Gasteiger partial charge in [-0.1, -0.05) is 13.8 Å². The van der Waals surface area contributed by atoms with Crippen LogP contribution < -0.4 is 0 Å². The molecule has 122 valence electrons. The van der Waals surface area contributed by atoms with Crippen molar-refractivity contribution >= 4 is 11.5 Å². The quantitative estimate of drug-likeness (QED) is 0.903. The molecule has 0 saturated heterocycles. The predicted molar refractivity (Wildman–Crippen MR) is 92.1 cm³/mol. The van der Waals surface area contributed by atoms with Gasteiger partial charge < -0.3 is 9.67 Å². The van der Waals surface area contributed by atoms with Gasteiger partial charge in [-0.05, 0) is 62.8 Å². The van der Waals surface area contributed by atoms with Crippen molar-refractivity contribution in [2.24, 2.45) is 5.92 Å². The van der Waals surface area contributed by atoms with Gasteiger partial charge in [-0.3, -0.25) is 0 Å². The zero-order valence-electron chi connectivity index (χ0n) is 14.7. The van der Waals surface area contributed by atoms with Gasteiger partial charge in [0.1, 0.15) is 0 Å². The highest BCUT2D eigenvalue weighted by molar-refractivity contribution is 5.93. The predicted octanol–water partition coefficient (Wildman–Crippen LogP) is 4.56. The third kappa shape index (κ3) is 2.19. The maximum absolute atomic E-state index is 11.5. The summed E-state index contributed by atoms with van der Waals surface area (Å²) in [6.45, 7) is 12.8. The first-order chi connectivity index (χ1) is 10.7. The molecular formula is C19H24N2O2. The number of allylic oxidation sites excluding steroid dienone is 2. The summed E-state index contributed by atoms with van der Waals surface area (Å²) in [6.07, 6.45) is 0.917. The lowest BCUT2D eigenvalue weighted by Crippen LogP contribution is -2.15. The molecule has 3 heterocycles. The molecule has 3 rings (SSSR count). The van der Waals surface area contributed by atoms with Crippen LogP contribution in [0.4, 0.5) is 0 Å². The van der Waals surface area contributed by atoms with Gasteiger partial charge in [0.2, 0.25) is 0 Å². The highest BCUT2D eigenvalue weighted by atomic mass is 16.4. The van der Waals surface area contributed by atoms with Crippen molar-refractivity contribution < 1.29 is 9.90 Å². The summed E-state index contributed by atoms with van der Waals surface area (Å²) in [5, 5.41) is 9.42. The standard InChI is InChI=1S/C19H24N2O2/c1-9(2)7-16-17-12(5)18(19(22)23)20-14(17)8-15-11(4)10(3)13(6)21(15)16/h8-9,13H,7H2,1-6H3,(H,22,23). The van der Waals surface area contributed by atoms with Gasteiger partial charge in [0, 0.05) is 17.0 Å². The van der Waals surface area contributed by atoms with E-state index in [4.69, 9.17) is 0 Å². The van der Waals surface area contributed by atoms with Crippen LogP contribution in [0, 0.1) is 12.8 Å². The van der Waals surface area contributed by atoms with E-state index in [0.29, 0.717) is 12.0 Å². The number of fused-ring (bicyclic) bond motifs is 2. The number of nitrogens with zero attached hydrogens (tertiary/aromatic N) is 2. The molecule has 1 atom stereocenters. The smallest absolute Gasteiger partial charge is 0.354 e. The lowest BCUT2D eigenvalue weighted by molar-refractivity contribution is 0.0690. The van der Waals surface area contributed by atoms with E-state index in [1.54, 1.807) is 0 Å². The number of carbonyl (C=O) groups is 1. The number of rotatable bonds is 3. The summed E-state index contributed by atoms with van der Waals surface area (Å²) >= 11 is 0. The van der Waals surface area contributed by atoms with E-state index in [-0.39, 0.29) is 5.69 Å². The van der Waals surface area contributed by atoms with E-state index in [2.05, 4.69) is 50.2 Å². The maximum atomic E-state index is 11.5. The van der Waals surface area contributed by atoms with Crippen molar-refractivity contribution in [1.82, 2.24) is 9.55 Å². The molecule has 0 saturated carbocycles. The van der Waals surface area contributed by atoms with E-state index >= 15 is 0 Å². The number of hydrogen-bond donors (Lipinski definition) is 1. The van der Waals surface area contributed by atoms with E-state index < -0.39 is 5.97 Å². The minimum Gasteiger partial charge on any atom is -0.477 e. The number of aromatic carboxylic acids is 1. The Kier molecular flexibility index (Phi) is 3.58. The van der Waals surface area contributed by atoms with Gasteiger partial charge in [-0.25, -0.2) is 9.78 Å². The fourth-order valence-corrected chi connectivity index (χ4v) is 3.74. The van der Waals surface area contributed by atoms with Crippen LogP contribution in [-0.2, 0) is 6.42 Å². The first-order valence-corrected chi connectivity index (χ1v) is 8.19. The summed E-state index contributed by atoms with van der Waals surface area (Å²) in [5.74, 6) is -0.455. The molecule has 0 aliphatic carbocycles. The topological polar surface area (TPSA) is 55.1 Å². The maximum Gasteiger partial charge on any atom is 0.354 e. The number of aromatic nitrogens is 2. The van der Waals surface area contributed by atoms with Gasteiger partial charge in [0.25, 0.3) is 0 Å². The van der Waals surface area contributed by atoms with Crippen LogP contribution in [0.5, 0.6) is 0 Å². The van der Waals surface area contributed by atoms with Crippen LogP contribution in [-0.4, -0.2) is 20.6 Å². The van der Waals surface area contributed by atoms with Crippen LogP contribution in [0.2, 0.25) is 0 Å². The third-order valence-electron chi connectivity index (χ3n) is 5.12. The fourth-order valence-electron chi connectivity index (χ4n) is 3.74. The second-order valence-corrected chi connectivity index (χ2v) is 7.08. The van der Waals surface area contributed by atoms with Gasteiger partial charge in [0.05, 0.1) is 11.7 Å². The highest BCUT2D eigenvalue weighted by Crippen LogP contribution is 2.43. The Hall–Kier alpha value is -2.10. The van der Waals surface area contributed by atoms with E-state index in [1.807, 2.05) is 6.92 Å². The molecule has 0 bridgehead atoms. The van der Waals surface area contributed by atoms with E-state index in [1.165, 1.54) is 22.5 Å². The second kappa shape index (κ2) is 5.22. The van der Waals surface area contributed by atoms with Gasteiger partial charge in [0.15, 0.2) is 5.69 Å². The largest absolute Gasteiger partial charge is 0.477 e. The molecule has 1 N–H and O–H groups in total. The molecule has 0 aromatic carbocycles. The molecule has 3 aliphatic heterocycles. The number of carboxylic acid groups (broad SMARTS) is 1. The molecule has 4 nitrogen and oxygen atoms in total. The lowest BCUT2D eigenvalue weighted by Gasteiger charge is -2.23. The Labute approximate surface area is 137 Å². The molecule has 0 aromatic heterocycles. The third-order valence-corrected chi connectivity index (χ3v) is 5.12. The average molecular weight is 312 g/mol. The van der Waals surface area contributed by atoms with Crippen LogP contribution in [0.1, 0.15) is 68.1 Å². The zero-order valence-corrected chi connectivity index (χ0v) is 14.7. The summed E-state index contributed by atoms with van der Waals surface area (Å²) in [5.41, 5.74) is 7.84. The first kappa shape index (κ1) is 15.8. The van der Waals surface area contributed by atoms with Crippen LogP contribution in [0.3, 0.4) is 0 Å². The van der Waals surface area contributed by atoms with Crippen molar-refractivity contribution in [3.63, 3.8) is 0 Å². The summed E-state index contributed by atoms with van der Waals surface area (Å²) in [7, 11) is 0. The van der Waals surface area contributed by atoms with Crippen LogP contribution in [0.25, 0.3) is 16.8 Å². The number of hydrogen-bond acceptors (Lipinski definition) is 2. The van der Waals surface area contributed by atoms with Gasteiger partial charge in [-0.2, -0.15) is 0 Å². The Morgan fingerprint density at radius 3 is 2.57 bits per heavy atom. The molecule has 0 aromatic rings. The van der Waals surface area contributed by atoms with Gasteiger partial charge >= 0.3 is 5.97 Å². The SMILES string of the molecule is CC1=C(C)C(C)n2c1cc1nc(C(=O)O)c(C)c-1c2CC(C)C. The average Bonchev–Trinajstić information content (AvgIpc) is 2.90. The van der Waals surface area contributed by atoms with Crippen molar-refractivity contribution in [2.75, 3.05) is 0 Å².